The van der Waals surface area contributed by atoms with Crippen molar-refractivity contribution in [3.05, 3.63) is 209 Å². The van der Waals surface area contributed by atoms with E-state index in [1.54, 1.807) is 0 Å². The van der Waals surface area contributed by atoms with Crippen LogP contribution in [0.5, 0.6) is 0 Å². The van der Waals surface area contributed by atoms with Gasteiger partial charge in [0.25, 0.3) is 0 Å². The van der Waals surface area contributed by atoms with E-state index in [0.717, 1.165) is 19.3 Å². The second-order valence-electron chi connectivity index (χ2n) is 15.6. The number of nitrogens with zero attached hydrogens (tertiary/aromatic N) is 1. The van der Waals surface area contributed by atoms with E-state index in [1.165, 1.54) is 88.4 Å². The standard InChI is InChI=1S/C54H45N/c1-36-15-3-5-17-43(36)54(50-24-10-7-18-44(50)37(2)51-35-41-16-4-6-19-45(41)46-20-8-9-21-47(46)51)40-29-27-38(28-30-40)39-31-33-42(34-32-39)55-52-25-13-11-22-48(52)49-23-12-14-26-53(49)55/h3-5,7-17,20-37,44H,6,18-19H2,1-2H3/b54-43-/t36?,37-,44-/m1/s1. The van der Waals surface area contributed by atoms with Crippen LogP contribution in [-0.2, 0) is 6.42 Å². The molecule has 0 spiro atoms. The average molecular weight is 708 g/mol. The molecular formula is C54H45N. The molecule has 3 aliphatic carbocycles. The molecule has 0 radical (unpaired) electrons. The topological polar surface area (TPSA) is 4.93 Å². The molecule has 0 fully saturated rings. The van der Waals surface area contributed by atoms with Gasteiger partial charge in [0.1, 0.15) is 0 Å². The first-order valence-corrected chi connectivity index (χ1v) is 20.0. The van der Waals surface area contributed by atoms with Crippen molar-refractivity contribution < 1.29 is 0 Å². The van der Waals surface area contributed by atoms with E-state index in [4.69, 9.17) is 0 Å². The SMILES string of the molecule is CC1C=CC=C/C1=C(/C1=CC=CC[C@@H]1[C@@H](C)c1cc2c(c3ccccc13)CCC=C2)c1ccc(-c2ccc(-n3c4ccccc4c4ccccc43)cc2)cc1. The van der Waals surface area contributed by atoms with Gasteiger partial charge >= 0.3 is 0 Å². The smallest absolute Gasteiger partial charge is 0.0541 e. The highest BCUT2D eigenvalue weighted by Crippen LogP contribution is 2.47. The zero-order chi connectivity index (χ0) is 36.9. The lowest BCUT2D eigenvalue weighted by Crippen LogP contribution is -2.18. The molecular weight excluding hydrogens is 663 g/mol. The number of aryl methyl sites for hydroxylation is 1. The van der Waals surface area contributed by atoms with Gasteiger partial charge < -0.3 is 4.57 Å². The van der Waals surface area contributed by atoms with Crippen LogP contribution in [0.2, 0.25) is 0 Å². The fraction of sp³-hybridized carbons (Fsp3) is 0.148. The quantitative estimate of drug-likeness (QED) is 0.162. The third-order valence-electron chi connectivity index (χ3n) is 12.4. The lowest BCUT2D eigenvalue weighted by atomic mass is 9.71. The van der Waals surface area contributed by atoms with Crippen LogP contribution in [0.4, 0.5) is 0 Å². The van der Waals surface area contributed by atoms with Crippen molar-refractivity contribution in [2.75, 3.05) is 0 Å². The van der Waals surface area contributed by atoms with Gasteiger partial charge in [-0.1, -0.05) is 172 Å². The van der Waals surface area contributed by atoms with Crippen LogP contribution < -0.4 is 0 Å². The number of fused-ring (bicyclic) bond motifs is 6. The van der Waals surface area contributed by atoms with Crippen LogP contribution in [0.15, 0.2) is 187 Å². The summed E-state index contributed by atoms with van der Waals surface area (Å²) in [5, 5.41) is 5.41. The third-order valence-corrected chi connectivity index (χ3v) is 12.4. The van der Waals surface area contributed by atoms with Crippen molar-refractivity contribution in [3.8, 4) is 16.8 Å². The molecule has 0 saturated heterocycles. The van der Waals surface area contributed by atoms with Crippen LogP contribution in [0.25, 0.3) is 61.0 Å². The Morgan fingerprint density at radius 2 is 1.31 bits per heavy atom. The summed E-state index contributed by atoms with van der Waals surface area (Å²) in [6, 6.07) is 47.5. The first kappa shape index (κ1) is 33.4. The van der Waals surface area contributed by atoms with E-state index < -0.39 is 0 Å². The summed E-state index contributed by atoms with van der Waals surface area (Å²) >= 11 is 0. The molecule has 3 aliphatic rings. The van der Waals surface area contributed by atoms with Gasteiger partial charge in [-0.25, -0.2) is 0 Å². The number of benzene rings is 6. The van der Waals surface area contributed by atoms with Gasteiger partial charge in [-0.05, 0) is 122 Å². The number of hydrogen-bond acceptors (Lipinski definition) is 0. The minimum Gasteiger partial charge on any atom is -0.309 e. The van der Waals surface area contributed by atoms with Crippen LogP contribution >= 0.6 is 0 Å². The summed E-state index contributed by atoms with van der Waals surface area (Å²) in [7, 11) is 0. The van der Waals surface area contributed by atoms with Crippen LogP contribution in [0.1, 0.15) is 54.9 Å². The lowest BCUT2D eigenvalue weighted by molar-refractivity contribution is 0.529. The van der Waals surface area contributed by atoms with Crippen molar-refractivity contribution in [2.24, 2.45) is 11.8 Å². The molecule has 0 saturated carbocycles. The molecule has 55 heavy (non-hydrogen) atoms. The zero-order valence-corrected chi connectivity index (χ0v) is 31.6. The van der Waals surface area contributed by atoms with Gasteiger partial charge in [0.15, 0.2) is 0 Å². The van der Waals surface area contributed by atoms with E-state index >= 15 is 0 Å². The Balaban J connectivity index is 1.02. The largest absolute Gasteiger partial charge is 0.309 e. The highest BCUT2D eigenvalue weighted by Gasteiger charge is 2.30. The number of rotatable bonds is 6. The van der Waals surface area contributed by atoms with E-state index in [2.05, 4.69) is 200 Å². The Morgan fingerprint density at radius 3 is 2.02 bits per heavy atom. The Hall–Kier alpha value is -6.18. The predicted molar refractivity (Wildman–Crippen MR) is 236 cm³/mol. The number of aromatic nitrogens is 1. The van der Waals surface area contributed by atoms with E-state index in [0.29, 0.717) is 17.8 Å². The Bertz CT molecular complexity index is 2740. The molecule has 0 N–H and O–H groups in total. The van der Waals surface area contributed by atoms with Crippen LogP contribution in [0, 0.1) is 11.8 Å². The van der Waals surface area contributed by atoms with Crippen molar-refractivity contribution in [2.45, 2.75) is 39.0 Å². The summed E-state index contributed by atoms with van der Waals surface area (Å²) < 4.78 is 2.39. The molecule has 0 amide bonds. The molecule has 3 atom stereocenters. The van der Waals surface area contributed by atoms with Gasteiger partial charge in [-0.3, -0.25) is 0 Å². The first-order chi connectivity index (χ1) is 27.1. The summed E-state index contributed by atoms with van der Waals surface area (Å²) in [5.41, 5.74) is 16.0. The van der Waals surface area contributed by atoms with E-state index in [1.807, 2.05) is 0 Å². The second kappa shape index (κ2) is 13.9. The number of hydrogen-bond donors (Lipinski definition) is 0. The molecule has 7 aromatic rings. The van der Waals surface area contributed by atoms with Crippen molar-refractivity contribution in [1.29, 1.82) is 0 Å². The number of allylic oxidation sites excluding steroid dienone is 11. The van der Waals surface area contributed by atoms with Crippen LogP contribution in [0.3, 0.4) is 0 Å². The Morgan fingerprint density at radius 1 is 0.655 bits per heavy atom. The molecule has 6 aromatic carbocycles. The number of para-hydroxylation sites is 2. The Kier molecular flexibility index (Phi) is 8.44. The summed E-state index contributed by atoms with van der Waals surface area (Å²) in [4.78, 5) is 0. The fourth-order valence-corrected chi connectivity index (χ4v) is 9.62. The van der Waals surface area contributed by atoms with Crippen LogP contribution in [-0.4, -0.2) is 4.57 Å². The van der Waals surface area contributed by atoms with Gasteiger partial charge in [-0.2, -0.15) is 0 Å². The average Bonchev–Trinajstić information content (AvgIpc) is 3.59. The Labute approximate surface area is 324 Å². The molecule has 10 rings (SSSR count). The first-order valence-electron chi connectivity index (χ1n) is 20.0. The lowest BCUT2D eigenvalue weighted by Gasteiger charge is -2.33. The normalized spacial score (nSPS) is 19.2. The van der Waals surface area contributed by atoms with Crippen molar-refractivity contribution in [3.63, 3.8) is 0 Å². The maximum atomic E-state index is 2.51. The maximum absolute atomic E-state index is 2.51. The minimum atomic E-state index is 0.325. The molecule has 0 bridgehead atoms. The maximum Gasteiger partial charge on any atom is 0.0541 e. The summed E-state index contributed by atoms with van der Waals surface area (Å²) in [6.45, 7) is 4.80. The van der Waals surface area contributed by atoms with Crippen molar-refractivity contribution in [1.82, 2.24) is 4.57 Å². The second-order valence-corrected chi connectivity index (χ2v) is 15.6. The molecule has 1 heterocycles. The molecule has 1 heteroatoms. The summed E-state index contributed by atoms with van der Waals surface area (Å²) in [5.74, 6) is 1.01. The highest BCUT2D eigenvalue weighted by molar-refractivity contribution is 6.09. The van der Waals surface area contributed by atoms with Gasteiger partial charge in [-0.15, -0.1) is 0 Å². The molecule has 1 aromatic heterocycles. The summed E-state index contributed by atoms with van der Waals surface area (Å²) in [6.07, 6.45) is 24.1. The fourth-order valence-electron chi connectivity index (χ4n) is 9.62. The highest BCUT2D eigenvalue weighted by atomic mass is 15.0. The molecule has 1 unspecified atom stereocenters. The monoisotopic (exact) mass is 707 g/mol. The molecule has 0 aliphatic heterocycles. The van der Waals surface area contributed by atoms with Crippen molar-refractivity contribution >= 4 is 44.2 Å². The van der Waals surface area contributed by atoms with Gasteiger partial charge in [0, 0.05) is 16.5 Å². The van der Waals surface area contributed by atoms with Gasteiger partial charge in [0.2, 0.25) is 0 Å². The van der Waals surface area contributed by atoms with Gasteiger partial charge in [0.05, 0.1) is 11.0 Å². The van der Waals surface area contributed by atoms with E-state index in [9.17, 15) is 0 Å². The molecule has 266 valence electrons. The zero-order valence-electron chi connectivity index (χ0n) is 31.6. The van der Waals surface area contributed by atoms with E-state index in [-0.39, 0.29) is 0 Å². The minimum absolute atomic E-state index is 0.325. The predicted octanol–water partition coefficient (Wildman–Crippen LogP) is 14.4. The molecule has 1 nitrogen and oxygen atoms in total. The third kappa shape index (κ3) is 5.78.